The molecule has 1 saturated heterocycles. The highest BCUT2D eigenvalue weighted by Crippen LogP contribution is 2.36. The number of ether oxygens (including phenoxy) is 1. The van der Waals surface area contributed by atoms with Crippen molar-refractivity contribution in [2.45, 2.75) is 6.61 Å². The lowest BCUT2D eigenvalue weighted by molar-refractivity contribution is -0.113. The zero-order chi connectivity index (χ0) is 20.2. The molecule has 1 fully saturated rings. The molecule has 1 aliphatic rings. The lowest BCUT2D eigenvalue weighted by atomic mass is 10.2. The SMILES string of the molecule is O=C1/C(=C/c2ccc(OCc3ccc(Cl)cc3)cc2)SC(=S)N1c1ccccc1. The van der Waals surface area contributed by atoms with Crippen molar-refractivity contribution in [2.24, 2.45) is 0 Å². The van der Waals surface area contributed by atoms with Crippen molar-refractivity contribution in [3.63, 3.8) is 0 Å². The Morgan fingerprint density at radius 2 is 1.66 bits per heavy atom. The molecule has 0 unspecified atom stereocenters. The third kappa shape index (κ3) is 4.70. The second-order valence-electron chi connectivity index (χ2n) is 6.34. The standard InChI is InChI=1S/C23H16ClNO2S2/c24-18-10-6-17(7-11-18)15-27-20-12-8-16(9-13-20)14-21-22(26)25(23(28)29-21)19-4-2-1-3-5-19/h1-14H,15H2/b21-14-. The van der Waals surface area contributed by atoms with Gasteiger partial charge in [-0.15, -0.1) is 0 Å². The molecule has 3 aromatic carbocycles. The molecule has 3 nitrogen and oxygen atoms in total. The molecule has 0 spiro atoms. The number of rotatable bonds is 5. The first-order valence-electron chi connectivity index (χ1n) is 8.90. The Hall–Kier alpha value is -2.60. The third-order valence-corrected chi connectivity index (χ3v) is 5.86. The normalized spacial score (nSPS) is 15.2. The van der Waals surface area contributed by atoms with Gasteiger partial charge < -0.3 is 4.74 Å². The lowest BCUT2D eigenvalue weighted by Crippen LogP contribution is -2.27. The Morgan fingerprint density at radius 1 is 0.966 bits per heavy atom. The largest absolute Gasteiger partial charge is 0.489 e. The van der Waals surface area contributed by atoms with Crippen LogP contribution in [0.5, 0.6) is 5.75 Å². The molecule has 0 bridgehead atoms. The number of nitrogens with zero attached hydrogens (tertiary/aromatic N) is 1. The van der Waals surface area contributed by atoms with Gasteiger partial charge in [-0.3, -0.25) is 9.69 Å². The molecular formula is C23H16ClNO2S2. The Bertz CT molecular complexity index is 1060. The summed E-state index contributed by atoms with van der Waals surface area (Å²) in [5.74, 6) is 0.656. The number of anilines is 1. The first-order chi connectivity index (χ1) is 14.1. The van der Waals surface area contributed by atoms with Gasteiger partial charge >= 0.3 is 0 Å². The zero-order valence-electron chi connectivity index (χ0n) is 15.2. The van der Waals surface area contributed by atoms with E-state index in [1.807, 2.05) is 84.9 Å². The summed E-state index contributed by atoms with van der Waals surface area (Å²) in [6.07, 6.45) is 1.85. The molecule has 0 aliphatic carbocycles. The molecule has 4 rings (SSSR count). The fourth-order valence-corrected chi connectivity index (χ4v) is 4.25. The Kier molecular flexibility index (Phi) is 6.00. The summed E-state index contributed by atoms with van der Waals surface area (Å²) in [5, 5.41) is 0.704. The Morgan fingerprint density at radius 3 is 2.34 bits per heavy atom. The summed E-state index contributed by atoms with van der Waals surface area (Å²) in [7, 11) is 0. The van der Waals surface area contributed by atoms with Crippen LogP contribution < -0.4 is 9.64 Å². The molecule has 144 valence electrons. The number of amides is 1. The highest BCUT2D eigenvalue weighted by Gasteiger charge is 2.33. The van der Waals surface area contributed by atoms with Crippen LogP contribution in [0.4, 0.5) is 5.69 Å². The minimum atomic E-state index is -0.103. The summed E-state index contributed by atoms with van der Waals surface area (Å²) >= 11 is 12.6. The van der Waals surface area contributed by atoms with Gasteiger partial charge in [-0.25, -0.2) is 0 Å². The van der Waals surface area contributed by atoms with E-state index in [1.54, 1.807) is 4.90 Å². The third-order valence-electron chi connectivity index (χ3n) is 4.30. The second kappa shape index (κ2) is 8.82. The van der Waals surface area contributed by atoms with Crippen molar-refractivity contribution in [3.05, 3.63) is 99.9 Å². The molecule has 0 N–H and O–H groups in total. The van der Waals surface area contributed by atoms with Crippen LogP contribution >= 0.6 is 35.6 Å². The van der Waals surface area contributed by atoms with Gasteiger partial charge in [-0.1, -0.05) is 78.0 Å². The van der Waals surface area contributed by atoms with Crippen LogP contribution in [0.15, 0.2) is 83.8 Å². The highest BCUT2D eigenvalue weighted by atomic mass is 35.5. The first kappa shape index (κ1) is 19.7. The molecule has 3 aromatic rings. The van der Waals surface area contributed by atoms with E-state index >= 15 is 0 Å². The van der Waals surface area contributed by atoms with Crippen molar-refractivity contribution in [2.75, 3.05) is 4.90 Å². The van der Waals surface area contributed by atoms with E-state index in [2.05, 4.69) is 0 Å². The molecule has 1 amide bonds. The Labute approximate surface area is 183 Å². The quantitative estimate of drug-likeness (QED) is 0.345. The van der Waals surface area contributed by atoms with Gasteiger partial charge in [0.2, 0.25) is 0 Å². The molecule has 0 aromatic heterocycles. The second-order valence-corrected chi connectivity index (χ2v) is 8.45. The number of hydrogen-bond acceptors (Lipinski definition) is 4. The molecule has 0 saturated carbocycles. The van der Waals surface area contributed by atoms with Crippen molar-refractivity contribution >= 4 is 57.6 Å². The highest BCUT2D eigenvalue weighted by molar-refractivity contribution is 8.27. The summed E-state index contributed by atoms with van der Waals surface area (Å²) in [5.41, 5.74) is 2.74. The Balaban J connectivity index is 1.44. The maximum Gasteiger partial charge on any atom is 0.270 e. The molecule has 0 atom stereocenters. The van der Waals surface area contributed by atoms with Gasteiger partial charge in [0.05, 0.1) is 10.6 Å². The van der Waals surface area contributed by atoms with Crippen molar-refractivity contribution in [1.82, 2.24) is 0 Å². The van der Waals surface area contributed by atoms with Gasteiger partial charge in [-0.2, -0.15) is 0 Å². The first-order valence-corrected chi connectivity index (χ1v) is 10.5. The number of carbonyl (C=O) groups excluding carboxylic acids is 1. The molecule has 1 heterocycles. The molecule has 6 heteroatoms. The summed E-state index contributed by atoms with van der Waals surface area (Å²) in [4.78, 5) is 15.0. The van der Waals surface area contributed by atoms with Crippen LogP contribution in [0.2, 0.25) is 5.02 Å². The van der Waals surface area contributed by atoms with E-state index in [0.717, 1.165) is 22.6 Å². The lowest BCUT2D eigenvalue weighted by Gasteiger charge is -2.13. The van der Waals surface area contributed by atoms with Crippen LogP contribution in [0.3, 0.4) is 0 Å². The van der Waals surface area contributed by atoms with Crippen LogP contribution in [0.25, 0.3) is 6.08 Å². The minimum Gasteiger partial charge on any atom is -0.489 e. The predicted octanol–water partition coefficient (Wildman–Crippen LogP) is 6.32. The fraction of sp³-hybridized carbons (Fsp3) is 0.0435. The maximum atomic E-state index is 12.8. The smallest absolute Gasteiger partial charge is 0.270 e. The number of carbonyl (C=O) groups is 1. The van der Waals surface area contributed by atoms with E-state index in [-0.39, 0.29) is 5.91 Å². The summed E-state index contributed by atoms with van der Waals surface area (Å²) < 4.78 is 6.34. The average Bonchev–Trinajstić information content (AvgIpc) is 3.02. The fourth-order valence-electron chi connectivity index (χ4n) is 2.83. The van der Waals surface area contributed by atoms with Crippen LogP contribution in [0, 0.1) is 0 Å². The van der Waals surface area contributed by atoms with E-state index in [0.29, 0.717) is 20.9 Å². The predicted molar refractivity (Wildman–Crippen MR) is 124 cm³/mol. The number of benzene rings is 3. The van der Waals surface area contributed by atoms with Crippen LogP contribution in [0.1, 0.15) is 11.1 Å². The maximum absolute atomic E-state index is 12.8. The molecular weight excluding hydrogens is 422 g/mol. The van der Waals surface area contributed by atoms with Crippen molar-refractivity contribution in [3.8, 4) is 5.75 Å². The van der Waals surface area contributed by atoms with Gasteiger partial charge in [0.15, 0.2) is 4.32 Å². The number of para-hydroxylation sites is 1. The van der Waals surface area contributed by atoms with Crippen LogP contribution in [-0.4, -0.2) is 10.2 Å². The van der Waals surface area contributed by atoms with Gasteiger partial charge in [0.1, 0.15) is 12.4 Å². The van der Waals surface area contributed by atoms with Crippen LogP contribution in [-0.2, 0) is 11.4 Å². The number of halogens is 1. The molecule has 0 radical (unpaired) electrons. The average molecular weight is 438 g/mol. The zero-order valence-corrected chi connectivity index (χ0v) is 17.6. The number of thioether (sulfide) groups is 1. The molecule has 29 heavy (non-hydrogen) atoms. The van der Waals surface area contributed by atoms with E-state index in [1.165, 1.54) is 11.8 Å². The monoisotopic (exact) mass is 437 g/mol. The van der Waals surface area contributed by atoms with Gasteiger partial charge in [0.25, 0.3) is 5.91 Å². The summed E-state index contributed by atoms with van der Waals surface area (Å²) in [6, 6.07) is 24.6. The topological polar surface area (TPSA) is 29.5 Å². The minimum absolute atomic E-state index is 0.103. The van der Waals surface area contributed by atoms with E-state index < -0.39 is 0 Å². The van der Waals surface area contributed by atoms with Gasteiger partial charge in [-0.05, 0) is 53.6 Å². The van der Waals surface area contributed by atoms with E-state index in [9.17, 15) is 4.79 Å². The summed E-state index contributed by atoms with van der Waals surface area (Å²) in [6.45, 7) is 0.465. The van der Waals surface area contributed by atoms with Gasteiger partial charge in [0, 0.05) is 5.02 Å². The van der Waals surface area contributed by atoms with E-state index in [4.69, 9.17) is 28.6 Å². The van der Waals surface area contributed by atoms with Crippen molar-refractivity contribution < 1.29 is 9.53 Å². The number of thiocarbonyl (C=S) groups is 1. The molecule has 1 aliphatic heterocycles. The van der Waals surface area contributed by atoms with Crippen molar-refractivity contribution in [1.29, 1.82) is 0 Å². The number of hydrogen-bond donors (Lipinski definition) is 0.